The number of methoxy groups -OCH3 is 1. The third-order valence-corrected chi connectivity index (χ3v) is 4.38. The summed E-state index contributed by atoms with van der Waals surface area (Å²) in [5.41, 5.74) is 3.30. The average molecular weight is 360 g/mol. The molecule has 138 valence electrons. The first-order valence-electron chi connectivity index (χ1n) is 8.99. The van der Waals surface area contributed by atoms with E-state index in [4.69, 9.17) is 4.74 Å². The van der Waals surface area contributed by atoms with E-state index in [9.17, 15) is 4.79 Å². The normalized spacial score (nSPS) is 10.6. The summed E-state index contributed by atoms with van der Waals surface area (Å²) in [7, 11) is 1.64. The molecule has 0 unspecified atom stereocenters. The third-order valence-electron chi connectivity index (χ3n) is 4.38. The fraction of sp³-hybridized carbons (Fsp3) is 0.174. The van der Waals surface area contributed by atoms with Crippen molar-refractivity contribution in [2.45, 2.75) is 12.6 Å². The quantitative estimate of drug-likeness (QED) is 0.644. The molecule has 2 N–H and O–H groups in total. The second-order valence-corrected chi connectivity index (χ2v) is 6.26. The summed E-state index contributed by atoms with van der Waals surface area (Å²) in [5.74, 6) is 0.767. The van der Waals surface area contributed by atoms with Gasteiger partial charge >= 0.3 is 0 Å². The summed E-state index contributed by atoms with van der Waals surface area (Å²) in [6.07, 6.45) is 0. The molecule has 0 fully saturated rings. The summed E-state index contributed by atoms with van der Waals surface area (Å²) < 4.78 is 5.15. The van der Waals surface area contributed by atoms with Gasteiger partial charge in [-0.05, 0) is 28.8 Å². The van der Waals surface area contributed by atoms with Crippen LogP contribution in [-0.2, 0) is 11.3 Å². The van der Waals surface area contributed by atoms with E-state index in [2.05, 4.69) is 34.9 Å². The Balaban J connectivity index is 1.58. The minimum absolute atomic E-state index is 0.0286. The Hall–Kier alpha value is -3.11. The van der Waals surface area contributed by atoms with Crippen LogP contribution < -0.4 is 15.4 Å². The van der Waals surface area contributed by atoms with Crippen molar-refractivity contribution in [3.63, 3.8) is 0 Å². The monoisotopic (exact) mass is 360 g/mol. The number of ether oxygens (including phenoxy) is 1. The van der Waals surface area contributed by atoms with Gasteiger partial charge in [-0.25, -0.2) is 0 Å². The number of carbonyl (C=O) groups is 1. The van der Waals surface area contributed by atoms with Crippen LogP contribution in [0.3, 0.4) is 0 Å². The van der Waals surface area contributed by atoms with E-state index in [0.717, 1.165) is 22.4 Å². The van der Waals surface area contributed by atoms with Gasteiger partial charge in [-0.1, -0.05) is 72.8 Å². The summed E-state index contributed by atoms with van der Waals surface area (Å²) >= 11 is 0. The lowest BCUT2D eigenvalue weighted by Gasteiger charge is -2.19. The highest BCUT2D eigenvalue weighted by Gasteiger charge is 2.14. The number of carbonyl (C=O) groups excluding carboxylic acids is 1. The van der Waals surface area contributed by atoms with Crippen LogP contribution in [0.2, 0.25) is 0 Å². The van der Waals surface area contributed by atoms with Gasteiger partial charge in [0.15, 0.2) is 0 Å². The van der Waals surface area contributed by atoms with Crippen LogP contribution in [0.5, 0.6) is 5.75 Å². The molecule has 0 saturated carbocycles. The molecule has 3 aromatic rings. The zero-order valence-electron chi connectivity index (χ0n) is 15.4. The molecular weight excluding hydrogens is 336 g/mol. The van der Waals surface area contributed by atoms with Gasteiger partial charge in [0.25, 0.3) is 0 Å². The Bertz CT molecular complexity index is 794. The molecule has 0 aliphatic rings. The molecule has 0 aliphatic carbocycles. The first-order valence-corrected chi connectivity index (χ1v) is 8.99. The van der Waals surface area contributed by atoms with E-state index in [1.165, 1.54) is 0 Å². The summed E-state index contributed by atoms with van der Waals surface area (Å²) in [6, 6.07) is 28.0. The predicted molar refractivity (Wildman–Crippen MR) is 108 cm³/mol. The Labute approximate surface area is 160 Å². The van der Waals surface area contributed by atoms with E-state index in [1.807, 2.05) is 60.7 Å². The van der Waals surface area contributed by atoms with Gasteiger partial charge in [0.05, 0.1) is 19.7 Å². The van der Waals surface area contributed by atoms with Crippen LogP contribution in [0.4, 0.5) is 0 Å². The Morgan fingerprint density at radius 3 is 1.93 bits per heavy atom. The fourth-order valence-corrected chi connectivity index (χ4v) is 2.92. The maximum atomic E-state index is 12.3. The van der Waals surface area contributed by atoms with Crippen molar-refractivity contribution in [2.24, 2.45) is 0 Å². The van der Waals surface area contributed by atoms with Gasteiger partial charge < -0.3 is 10.1 Å². The number of nitrogens with one attached hydrogen (secondary N) is 2. The third kappa shape index (κ3) is 5.43. The highest BCUT2D eigenvalue weighted by atomic mass is 16.5. The highest BCUT2D eigenvalue weighted by Crippen LogP contribution is 2.21. The lowest BCUT2D eigenvalue weighted by atomic mass is 9.99. The van der Waals surface area contributed by atoms with E-state index in [1.54, 1.807) is 7.11 Å². The molecule has 0 saturated heterocycles. The topological polar surface area (TPSA) is 50.4 Å². The van der Waals surface area contributed by atoms with Crippen molar-refractivity contribution in [3.05, 3.63) is 102 Å². The maximum Gasteiger partial charge on any atom is 0.234 e. The van der Waals surface area contributed by atoms with Crippen molar-refractivity contribution < 1.29 is 9.53 Å². The SMILES string of the molecule is COc1ccc(CNC(=O)CNC(c2ccccc2)c2ccccc2)cc1. The first-order chi connectivity index (χ1) is 13.3. The molecular formula is C23H24N2O2. The van der Waals surface area contributed by atoms with Crippen LogP contribution in [-0.4, -0.2) is 19.6 Å². The number of rotatable bonds is 8. The average Bonchev–Trinajstić information content (AvgIpc) is 2.74. The van der Waals surface area contributed by atoms with Gasteiger partial charge in [-0.15, -0.1) is 0 Å². The number of hydrogen-bond acceptors (Lipinski definition) is 3. The molecule has 4 nitrogen and oxygen atoms in total. The smallest absolute Gasteiger partial charge is 0.234 e. The van der Waals surface area contributed by atoms with E-state index < -0.39 is 0 Å². The van der Waals surface area contributed by atoms with Gasteiger partial charge in [-0.2, -0.15) is 0 Å². The molecule has 0 bridgehead atoms. The van der Waals surface area contributed by atoms with Gasteiger partial charge in [-0.3, -0.25) is 10.1 Å². The molecule has 0 spiro atoms. The highest BCUT2D eigenvalue weighted by molar-refractivity contribution is 5.78. The van der Waals surface area contributed by atoms with Crippen molar-refractivity contribution in [1.29, 1.82) is 0 Å². The van der Waals surface area contributed by atoms with Crippen molar-refractivity contribution >= 4 is 5.91 Å². The molecule has 4 heteroatoms. The number of amides is 1. The van der Waals surface area contributed by atoms with Crippen LogP contribution in [0.1, 0.15) is 22.7 Å². The largest absolute Gasteiger partial charge is 0.497 e. The first kappa shape index (κ1) is 18.7. The molecule has 3 rings (SSSR count). The molecule has 0 atom stereocenters. The molecule has 3 aromatic carbocycles. The minimum atomic E-state index is -0.0392. The van der Waals surface area contributed by atoms with E-state index in [0.29, 0.717) is 6.54 Å². The van der Waals surface area contributed by atoms with Crippen molar-refractivity contribution in [3.8, 4) is 5.75 Å². The summed E-state index contributed by atoms with van der Waals surface area (Å²) in [6.45, 7) is 0.733. The number of benzene rings is 3. The van der Waals surface area contributed by atoms with E-state index in [-0.39, 0.29) is 18.5 Å². The zero-order valence-corrected chi connectivity index (χ0v) is 15.4. The predicted octanol–water partition coefficient (Wildman–Crippen LogP) is 3.69. The molecule has 0 radical (unpaired) electrons. The summed E-state index contributed by atoms with van der Waals surface area (Å²) in [5, 5.41) is 6.33. The molecule has 0 aliphatic heterocycles. The number of hydrogen-bond donors (Lipinski definition) is 2. The second-order valence-electron chi connectivity index (χ2n) is 6.26. The van der Waals surface area contributed by atoms with Crippen LogP contribution >= 0.6 is 0 Å². The Kier molecular flexibility index (Phi) is 6.61. The fourth-order valence-electron chi connectivity index (χ4n) is 2.92. The molecule has 27 heavy (non-hydrogen) atoms. The second kappa shape index (κ2) is 9.55. The van der Waals surface area contributed by atoms with Crippen molar-refractivity contribution in [1.82, 2.24) is 10.6 Å². The maximum absolute atomic E-state index is 12.3. The Morgan fingerprint density at radius 1 is 0.852 bits per heavy atom. The Morgan fingerprint density at radius 2 is 1.41 bits per heavy atom. The molecule has 1 amide bonds. The van der Waals surface area contributed by atoms with Gasteiger partial charge in [0.1, 0.15) is 5.75 Å². The molecule has 0 aromatic heterocycles. The van der Waals surface area contributed by atoms with Gasteiger partial charge in [0.2, 0.25) is 5.91 Å². The van der Waals surface area contributed by atoms with Crippen LogP contribution in [0.25, 0.3) is 0 Å². The van der Waals surface area contributed by atoms with Crippen LogP contribution in [0.15, 0.2) is 84.9 Å². The van der Waals surface area contributed by atoms with Crippen LogP contribution in [0, 0.1) is 0 Å². The lowest BCUT2D eigenvalue weighted by molar-refractivity contribution is -0.120. The lowest BCUT2D eigenvalue weighted by Crippen LogP contribution is -2.35. The minimum Gasteiger partial charge on any atom is -0.497 e. The zero-order chi connectivity index (χ0) is 18.9. The summed E-state index contributed by atoms with van der Waals surface area (Å²) in [4.78, 5) is 12.3. The molecule has 0 heterocycles. The van der Waals surface area contributed by atoms with Crippen molar-refractivity contribution in [2.75, 3.05) is 13.7 Å². The van der Waals surface area contributed by atoms with E-state index >= 15 is 0 Å². The standard InChI is InChI=1S/C23H24N2O2/c1-27-21-14-12-18(13-15-21)16-24-22(26)17-25-23(19-8-4-2-5-9-19)20-10-6-3-7-11-20/h2-15,23,25H,16-17H2,1H3,(H,24,26). The van der Waals surface area contributed by atoms with Gasteiger partial charge in [0, 0.05) is 6.54 Å².